The first-order chi connectivity index (χ1) is 11.1. The van der Waals surface area contributed by atoms with Crippen LogP contribution >= 0.6 is 11.6 Å². The summed E-state index contributed by atoms with van der Waals surface area (Å²) in [6, 6.07) is 13.0. The maximum Gasteiger partial charge on any atom is 0.253 e. The number of anilines is 1. The summed E-state index contributed by atoms with van der Waals surface area (Å²) < 4.78 is 5.63. The van der Waals surface area contributed by atoms with Crippen molar-refractivity contribution in [3.05, 3.63) is 58.6 Å². The number of carbonyl (C=O) groups is 1. The van der Waals surface area contributed by atoms with Gasteiger partial charge in [-0.05, 0) is 54.4 Å². The van der Waals surface area contributed by atoms with E-state index in [1.807, 2.05) is 30.3 Å². The minimum atomic E-state index is 0.0133. The lowest BCUT2D eigenvalue weighted by Crippen LogP contribution is -2.30. The van der Waals surface area contributed by atoms with Crippen LogP contribution in [0.25, 0.3) is 0 Å². The second-order valence-corrected chi connectivity index (χ2v) is 6.01. The maximum absolute atomic E-state index is 12.5. The molecule has 4 nitrogen and oxygen atoms in total. The molecule has 5 heteroatoms. The number of carbonyl (C=O) groups excluding carboxylic acids is 1. The number of hydrogen-bond donors (Lipinski definition) is 1. The molecule has 0 atom stereocenters. The lowest BCUT2D eigenvalue weighted by atomic mass is 10.1. The highest BCUT2D eigenvalue weighted by molar-refractivity contribution is 6.30. The molecule has 1 aliphatic rings. The Kier molecular flexibility index (Phi) is 4.72. The van der Waals surface area contributed by atoms with E-state index < -0.39 is 0 Å². The van der Waals surface area contributed by atoms with Crippen molar-refractivity contribution < 1.29 is 9.53 Å². The van der Waals surface area contributed by atoms with Crippen molar-refractivity contribution in [2.24, 2.45) is 0 Å². The lowest BCUT2D eigenvalue weighted by Gasteiger charge is -2.18. The van der Waals surface area contributed by atoms with Crippen molar-refractivity contribution >= 4 is 23.2 Å². The molecule has 0 saturated heterocycles. The van der Waals surface area contributed by atoms with Crippen LogP contribution in [0.2, 0.25) is 5.02 Å². The van der Waals surface area contributed by atoms with E-state index >= 15 is 0 Å². The molecule has 0 spiro atoms. The first-order valence-electron chi connectivity index (χ1n) is 7.64. The van der Waals surface area contributed by atoms with Crippen LogP contribution in [0.1, 0.15) is 15.9 Å². The minimum Gasteiger partial charge on any atom is -0.492 e. The Labute approximate surface area is 141 Å². The molecule has 0 saturated carbocycles. The summed E-state index contributed by atoms with van der Waals surface area (Å²) in [5.74, 6) is 0.762. The van der Waals surface area contributed by atoms with E-state index in [0.29, 0.717) is 18.2 Å². The molecule has 0 aliphatic carbocycles. The standard InChI is InChI=1S/C18H19ClN2O2/c1-21(10-11-23-16-5-3-15(19)4-6-16)18(22)14-2-7-17-13(12-14)8-9-20-17/h2-7,12,20H,8-11H2,1H3. The van der Waals surface area contributed by atoms with Crippen molar-refractivity contribution in [3.63, 3.8) is 0 Å². The number of hydrogen-bond acceptors (Lipinski definition) is 3. The SMILES string of the molecule is CN(CCOc1ccc(Cl)cc1)C(=O)c1ccc2c(c1)CCN2. The molecular formula is C18H19ClN2O2. The summed E-state index contributed by atoms with van der Waals surface area (Å²) >= 11 is 5.83. The van der Waals surface area contributed by atoms with Gasteiger partial charge in [-0.2, -0.15) is 0 Å². The number of nitrogens with one attached hydrogen (secondary N) is 1. The number of halogens is 1. The molecule has 3 rings (SSSR count). The lowest BCUT2D eigenvalue weighted by molar-refractivity contribution is 0.0773. The van der Waals surface area contributed by atoms with E-state index in [9.17, 15) is 4.79 Å². The van der Waals surface area contributed by atoms with Gasteiger partial charge >= 0.3 is 0 Å². The quantitative estimate of drug-likeness (QED) is 0.912. The van der Waals surface area contributed by atoms with Crippen LogP contribution in [0.3, 0.4) is 0 Å². The van der Waals surface area contributed by atoms with Crippen LogP contribution in [0.15, 0.2) is 42.5 Å². The topological polar surface area (TPSA) is 41.6 Å². The van der Waals surface area contributed by atoms with E-state index in [1.54, 1.807) is 24.1 Å². The maximum atomic E-state index is 12.5. The largest absolute Gasteiger partial charge is 0.492 e. The predicted molar refractivity (Wildman–Crippen MR) is 92.5 cm³/mol. The first-order valence-corrected chi connectivity index (χ1v) is 8.02. The Bertz CT molecular complexity index is 701. The number of rotatable bonds is 5. The second kappa shape index (κ2) is 6.92. The van der Waals surface area contributed by atoms with Gasteiger partial charge in [0.1, 0.15) is 12.4 Å². The second-order valence-electron chi connectivity index (χ2n) is 5.58. The molecular weight excluding hydrogens is 312 g/mol. The average molecular weight is 331 g/mol. The van der Waals surface area contributed by atoms with Crippen molar-refractivity contribution in [1.29, 1.82) is 0 Å². The normalized spacial score (nSPS) is 12.4. The number of benzene rings is 2. The zero-order valence-corrected chi connectivity index (χ0v) is 13.8. The van der Waals surface area contributed by atoms with Gasteiger partial charge in [-0.15, -0.1) is 0 Å². The van der Waals surface area contributed by atoms with Gasteiger partial charge in [-0.25, -0.2) is 0 Å². The van der Waals surface area contributed by atoms with E-state index in [0.717, 1.165) is 30.0 Å². The number of amides is 1. The Morgan fingerprint density at radius 2 is 2.04 bits per heavy atom. The zero-order chi connectivity index (χ0) is 16.2. The summed E-state index contributed by atoms with van der Waals surface area (Å²) in [6.07, 6.45) is 0.972. The van der Waals surface area contributed by atoms with E-state index in [2.05, 4.69) is 5.32 Å². The molecule has 1 heterocycles. The van der Waals surface area contributed by atoms with Gasteiger partial charge in [-0.1, -0.05) is 11.6 Å². The van der Waals surface area contributed by atoms with Gasteiger partial charge in [-0.3, -0.25) is 4.79 Å². The van der Waals surface area contributed by atoms with Crippen molar-refractivity contribution in [1.82, 2.24) is 4.90 Å². The van der Waals surface area contributed by atoms with Gasteiger partial charge in [0.15, 0.2) is 0 Å². The molecule has 1 aliphatic heterocycles. The Morgan fingerprint density at radius 1 is 1.26 bits per heavy atom. The molecule has 0 radical (unpaired) electrons. The third-order valence-electron chi connectivity index (χ3n) is 3.92. The Hall–Kier alpha value is -2.20. The average Bonchev–Trinajstić information content (AvgIpc) is 3.03. The fourth-order valence-electron chi connectivity index (χ4n) is 2.59. The van der Waals surface area contributed by atoms with Gasteiger partial charge in [0, 0.05) is 29.9 Å². The van der Waals surface area contributed by atoms with Crippen molar-refractivity contribution in [2.75, 3.05) is 32.1 Å². The van der Waals surface area contributed by atoms with Crippen LogP contribution in [0.5, 0.6) is 5.75 Å². The van der Waals surface area contributed by atoms with Crippen LogP contribution in [-0.2, 0) is 6.42 Å². The number of likely N-dealkylation sites (N-methyl/N-ethyl adjacent to an activating group) is 1. The first kappa shape index (κ1) is 15.7. The molecule has 1 N–H and O–H groups in total. The highest BCUT2D eigenvalue weighted by Gasteiger charge is 2.16. The molecule has 0 unspecified atom stereocenters. The Balaban J connectivity index is 1.54. The summed E-state index contributed by atoms with van der Waals surface area (Å²) in [4.78, 5) is 14.1. The molecule has 2 aromatic carbocycles. The van der Waals surface area contributed by atoms with Gasteiger partial charge in [0.25, 0.3) is 5.91 Å². The van der Waals surface area contributed by atoms with E-state index in [1.165, 1.54) is 5.56 Å². The monoisotopic (exact) mass is 330 g/mol. The summed E-state index contributed by atoms with van der Waals surface area (Å²) in [5, 5.41) is 3.97. The molecule has 0 bridgehead atoms. The summed E-state index contributed by atoms with van der Waals surface area (Å²) in [6.45, 7) is 1.91. The highest BCUT2D eigenvalue weighted by Crippen LogP contribution is 2.23. The number of nitrogens with zero attached hydrogens (tertiary/aromatic N) is 1. The van der Waals surface area contributed by atoms with Crippen LogP contribution < -0.4 is 10.1 Å². The third kappa shape index (κ3) is 3.77. The van der Waals surface area contributed by atoms with Crippen LogP contribution in [-0.4, -0.2) is 37.6 Å². The molecule has 0 fully saturated rings. The summed E-state index contributed by atoms with van der Waals surface area (Å²) in [5.41, 5.74) is 3.07. The number of fused-ring (bicyclic) bond motifs is 1. The van der Waals surface area contributed by atoms with Crippen molar-refractivity contribution in [2.45, 2.75) is 6.42 Å². The molecule has 120 valence electrons. The molecule has 23 heavy (non-hydrogen) atoms. The number of ether oxygens (including phenoxy) is 1. The Morgan fingerprint density at radius 3 is 2.83 bits per heavy atom. The minimum absolute atomic E-state index is 0.0133. The fourth-order valence-corrected chi connectivity index (χ4v) is 2.72. The van der Waals surface area contributed by atoms with Crippen LogP contribution in [0, 0.1) is 0 Å². The predicted octanol–water partition coefficient (Wildman–Crippen LogP) is 3.46. The fraction of sp³-hybridized carbons (Fsp3) is 0.278. The molecule has 1 amide bonds. The highest BCUT2D eigenvalue weighted by atomic mass is 35.5. The zero-order valence-electron chi connectivity index (χ0n) is 13.0. The van der Waals surface area contributed by atoms with E-state index in [4.69, 9.17) is 16.3 Å². The van der Waals surface area contributed by atoms with Gasteiger partial charge in [0.2, 0.25) is 0 Å². The summed E-state index contributed by atoms with van der Waals surface area (Å²) in [7, 11) is 1.79. The smallest absolute Gasteiger partial charge is 0.253 e. The molecule has 0 aromatic heterocycles. The van der Waals surface area contributed by atoms with Crippen molar-refractivity contribution in [3.8, 4) is 5.75 Å². The molecule has 2 aromatic rings. The van der Waals surface area contributed by atoms with E-state index in [-0.39, 0.29) is 5.91 Å². The van der Waals surface area contributed by atoms with Gasteiger partial charge < -0.3 is 15.0 Å². The van der Waals surface area contributed by atoms with Gasteiger partial charge in [0.05, 0.1) is 6.54 Å². The third-order valence-corrected chi connectivity index (χ3v) is 4.17. The van der Waals surface area contributed by atoms with Crippen LogP contribution in [0.4, 0.5) is 5.69 Å².